The molecular weight excluding hydrogens is 377 g/mol. The molecular formula is C18H17Cl2N3O3. The maximum Gasteiger partial charge on any atom is 0.271 e. The van der Waals surface area contributed by atoms with E-state index < -0.39 is 11.8 Å². The van der Waals surface area contributed by atoms with Gasteiger partial charge >= 0.3 is 0 Å². The molecule has 136 valence electrons. The fraction of sp³-hybridized carbons (Fsp3) is 0.167. The topological polar surface area (TPSA) is 87.3 Å². The molecule has 0 fully saturated rings. The van der Waals surface area contributed by atoms with Gasteiger partial charge in [0.2, 0.25) is 5.91 Å². The van der Waals surface area contributed by atoms with E-state index in [1.165, 1.54) is 30.3 Å². The van der Waals surface area contributed by atoms with E-state index in [2.05, 4.69) is 16.2 Å². The zero-order valence-electron chi connectivity index (χ0n) is 14.1. The summed E-state index contributed by atoms with van der Waals surface area (Å²) in [4.78, 5) is 35.8. The van der Waals surface area contributed by atoms with Crippen molar-refractivity contribution in [3.8, 4) is 0 Å². The minimum atomic E-state index is -0.569. The first kappa shape index (κ1) is 19.8. The molecule has 8 heteroatoms. The molecule has 0 spiro atoms. The number of hydrogen-bond donors (Lipinski definition) is 3. The molecule has 0 aromatic heterocycles. The number of hydrazine groups is 1. The van der Waals surface area contributed by atoms with Gasteiger partial charge in [0.25, 0.3) is 11.8 Å². The lowest BCUT2D eigenvalue weighted by atomic mass is 10.1. The van der Waals surface area contributed by atoms with E-state index in [9.17, 15) is 14.4 Å². The molecule has 2 aromatic rings. The Bertz CT molecular complexity index is 836. The molecule has 0 aliphatic carbocycles. The van der Waals surface area contributed by atoms with Crippen molar-refractivity contribution >= 4 is 46.6 Å². The van der Waals surface area contributed by atoms with Crippen molar-refractivity contribution in [3.05, 3.63) is 63.6 Å². The molecule has 0 radical (unpaired) electrons. The van der Waals surface area contributed by atoms with Crippen LogP contribution < -0.4 is 16.2 Å². The molecule has 0 unspecified atom stereocenters. The molecule has 3 amide bonds. The molecule has 3 N–H and O–H groups in total. The Kier molecular flexibility index (Phi) is 6.60. The third kappa shape index (κ3) is 5.21. The SMILES string of the molecule is CC(C)C(=O)Nc1ccc(C(=O)NNC(=O)c2ccc(Cl)cc2Cl)cc1. The molecule has 0 atom stereocenters. The molecule has 0 aliphatic heterocycles. The number of carbonyl (C=O) groups is 3. The van der Waals surface area contributed by atoms with E-state index >= 15 is 0 Å². The number of benzene rings is 2. The molecule has 0 saturated heterocycles. The van der Waals surface area contributed by atoms with Gasteiger partial charge < -0.3 is 5.32 Å². The maximum absolute atomic E-state index is 12.1. The van der Waals surface area contributed by atoms with Crippen molar-refractivity contribution in [1.82, 2.24) is 10.9 Å². The molecule has 0 bridgehead atoms. The number of halogens is 2. The van der Waals surface area contributed by atoms with Crippen LogP contribution in [0.4, 0.5) is 5.69 Å². The Labute approximate surface area is 160 Å². The second kappa shape index (κ2) is 8.69. The minimum absolute atomic E-state index is 0.116. The number of amides is 3. The Morgan fingerprint density at radius 2 is 1.50 bits per heavy atom. The fourth-order valence-corrected chi connectivity index (χ4v) is 2.41. The molecule has 0 saturated carbocycles. The summed E-state index contributed by atoms with van der Waals surface area (Å²) in [5.41, 5.74) is 5.66. The number of nitrogens with one attached hydrogen (secondary N) is 3. The Morgan fingerprint density at radius 1 is 0.885 bits per heavy atom. The molecule has 26 heavy (non-hydrogen) atoms. The van der Waals surface area contributed by atoms with Crippen LogP contribution >= 0.6 is 23.2 Å². The summed E-state index contributed by atoms with van der Waals surface area (Å²) < 4.78 is 0. The Balaban J connectivity index is 1.95. The smallest absolute Gasteiger partial charge is 0.271 e. The highest BCUT2D eigenvalue weighted by molar-refractivity contribution is 6.36. The average molecular weight is 394 g/mol. The van der Waals surface area contributed by atoms with Gasteiger partial charge in [0.1, 0.15) is 0 Å². The standard InChI is InChI=1S/C18H17Cl2N3O3/c1-10(2)16(24)21-13-6-3-11(4-7-13)17(25)22-23-18(26)14-8-5-12(19)9-15(14)20/h3-10H,1-2H3,(H,21,24)(H,22,25)(H,23,26). The predicted octanol–water partition coefficient (Wildman–Crippen LogP) is 3.66. The van der Waals surface area contributed by atoms with Crippen LogP contribution in [0.3, 0.4) is 0 Å². The maximum atomic E-state index is 12.1. The lowest BCUT2D eigenvalue weighted by Crippen LogP contribution is -2.41. The van der Waals surface area contributed by atoms with Crippen LogP contribution in [0.2, 0.25) is 10.0 Å². The predicted molar refractivity (Wildman–Crippen MR) is 101 cm³/mol. The van der Waals surface area contributed by atoms with E-state index in [-0.39, 0.29) is 22.4 Å². The first-order chi connectivity index (χ1) is 12.3. The largest absolute Gasteiger partial charge is 0.326 e. The van der Waals surface area contributed by atoms with Crippen molar-refractivity contribution in [3.63, 3.8) is 0 Å². The number of hydrogen-bond acceptors (Lipinski definition) is 3. The molecule has 2 aromatic carbocycles. The van der Waals surface area contributed by atoms with Gasteiger partial charge in [-0.1, -0.05) is 37.0 Å². The van der Waals surface area contributed by atoms with Gasteiger partial charge in [-0.2, -0.15) is 0 Å². The van der Waals surface area contributed by atoms with Gasteiger partial charge in [0.15, 0.2) is 0 Å². The van der Waals surface area contributed by atoms with Crippen molar-refractivity contribution in [2.24, 2.45) is 5.92 Å². The second-order valence-corrected chi connectivity index (χ2v) is 6.60. The highest BCUT2D eigenvalue weighted by atomic mass is 35.5. The van der Waals surface area contributed by atoms with Crippen LogP contribution in [-0.4, -0.2) is 17.7 Å². The quantitative estimate of drug-likeness (QED) is 0.692. The first-order valence-electron chi connectivity index (χ1n) is 7.74. The third-order valence-corrected chi connectivity index (χ3v) is 3.95. The van der Waals surface area contributed by atoms with E-state index in [0.717, 1.165) is 0 Å². The Morgan fingerprint density at radius 3 is 2.08 bits per heavy atom. The van der Waals surface area contributed by atoms with E-state index in [1.807, 2.05) is 0 Å². The normalized spacial score (nSPS) is 10.3. The molecule has 6 nitrogen and oxygen atoms in total. The van der Waals surface area contributed by atoms with Gasteiger partial charge in [-0.25, -0.2) is 0 Å². The summed E-state index contributed by atoms with van der Waals surface area (Å²) in [6.45, 7) is 3.57. The van der Waals surface area contributed by atoms with Crippen LogP contribution in [0.25, 0.3) is 0 Å². The second-order valence-electron chi connectivity index (χ2n) is 5.75. The van der Waals surface area contributed by atoms with Crippen LogP contribution in [0.5, 0.6) is 0 Å². The summed E-state index contributed by atoms with van der Waals surface area (Å²) in [7, 11) is 0. The summed E-state index contributed by atoms with van der Waals surface area (Å²) in [5, 5.41) is 3.30. The van der Waals surface area contributed by atoms with Crippen molar-refractivity contribution in [2.75, 3.05) is 5.32 Å². The summed E-state index contributed by atoms with van der Waals surface area (Å²) in [6.07, 6.45) is 0. The van der Waals surface area contributed by atoms with Gasteiger partial charge in [0.05, 0.1) is 10.6 Å². The van der Waals surface area contributed by atoms with E-state index in [1.54, 1.807) is 26.0 Å². The van der Waals surface area contributed by atoms with E-state index in [4.69, 9.17) is 23.2 Å². The van der Waals surface area contributed by atoms with Gasteiger partial charge in [-0.3, -0.25) is 25.2 Å². The van der Waals surface area contributed by atoms with Gasteiger partial charge in [-0.15, -0.1) is 0 Å². The van der Waals surface area contributed by atoms with E-state index in [0.29, 0.717) is 16.3 Å². The van der Waals surface area contributed by atoms with Crippen molar-refractivity contribution in [1.29, 1.82) is 0 Å². The number of carbonyl (C=O) groups excluding carboxylic acids is 3. The Hall–Kier alpha value is -2.57. The molecule has 2 rings (SSSR count). The zero-order chi connectivity index (χ0) is 19.3. The summed E-state index contributed by atoms with van der Waals surface area (Å²) in [6, 6.07) is 10.7. The van der Waals surface area contributed by atoms with Crippen LogP contribution in [0, 0.1) is 5.92 Å². The number of rotatable bonds is 4. The minimum Gasteiger partial charge on any atom is -0.326 e. The van der Waals surface area contributed by atoms with Gasteiger partial charge in [0, 0.05) is 22.2 Å². The van der Waals surface area contributed by atoms with Crippen LogP contribution in [-0.2, 0) is 4.79 Å². The lowest BCUT2D eigenvalue weighted by molar-refractivity contribution is -0.118. The van der Waals surface area contributed by atoms with Crippen molar-refractivity contribution in [2.45, 2.75) is 13.8 Å². The van der Waals surface area contributed by atoms with Crippen molar-refractivity contribution < 1.29 is 14.4 Å². The number of anilines is 1. The molecule has 0 aliphatic rings. The third-order valence-electron chi connectivity index (χ3n) is 3.40. The van der Waals surface area contributed by atoms with Gasteiger partial charge in [-0.05, 0) is 42.5 Å². The monoisotopic (exact) mass is 393 g/mol. The van der Waals surface area contributed by atoms with Crippen LogP contribution in [0.1, 0.15) is 34.6 Å². The van der Waals surface area contributed by atoms with Crippen LogP contribution in [0.15, 0.2) is 42.5 Å². The fourth-order valence-electron chi connectivity index (χ4n) is 1.92. The highest BCUT2D eigenvalue weighted by Crippen LogP contribution is 2.20. The average Bonchev–Trinajstić information content (AvgIpc) is 2.59. The lowest BCUT2D eigenvalue weighted by Gasteiger charge is -2.10. The first-order valence-corrected chi connectivity index (χ1v) is 8.50. The summed E-state index contributed by atoms with van der Waals surface area (Å²) in [5.74, 6) is -1.34. The highest BCUT2D eigenvalue weighted by Gasteiger charge is 2.13. The summed E-state index contributed by atoms with van der Waals surface area (Å²) >= 11 is 11.7. The zero-order valence-corrected chi connectivity index (χ0v) is 15.6. The molecule has 0 heterocycles.